The van der Waals surface area contributed by atoms with Gasteiger partial charge in [-0.1, -0.05) is 11.3 Å². The Morgan fingerprint density at radius 3 is 2.67 bits per heavy atom. The van der Waals surface area contributed by atoms with Crippen molar-refractivity contribution in [2.24, 2.45) is 0 Å². The highest BCUT2D eigenvalue weighted by Gasteiger charge is 2.16. The van der Waals surface area contributed by atoms with Gasteiger partial charge in [0.15, 0.2) is 5.13 Å². The van der Waals surface area contributed by atoms with E-state index in [0.717, 1.165) is 35.6 Å². The van der Waals surface area contributed by atoms with Crippen LogP contribution in [-0.4, -0.2) is 50.1 Å². The third-order valence-electron chi connectivity index (χ3n) is 3.79. The first-order valence-corrected chi connectivity index (χ1v) is 8.76. The van der Waals surface area contributed by atoms with Gasteiger partial charge >= 0.3 is 11.8 Å². The molecule has 0 unspecified atom stereocenters. The number of carbonyl (C=O) groups is 2. The van der Waals surface area contributed by atoms with E-state index in [-0.39, 0.29) is 0 Å². The maximum atomic E-state index is 11.9. The van der Waals surface area contributed by atoms with E-state index in [4.69, 9.17) is 4.74 Å². The van der Waals surface area contributed by atoms with Crippen molar-refractivity contribution < 1.29 is 19.2 Å². The maximum absolute atomic E-state index is 11.9. The minimum absolute atomic E-state index is 0.396. The molecule has 1 heterocycles. The zero-order valence-corrected chi connectivity index (χ0v) is 15.0. The van der Waals surface area contributed by atoms with Crippen molar-refractivity contribution >= 4 is 38.5 Å². The van der Waals surface area contributed by atoms with Gasteiger partial charge in [0.2, 0.25) is 0 Å². The van der Waals surface area contributed by atoms with Gasteiger partial charge in [0.1, 0.15) is 5.75 Å². The molecule has 0 saturated heterocycles. The Kier molecular flexibility index (Phi) is 6.51. The van der Waals surface area contributed by atoms with Crippen LogP contribution in [0.15, 0.2) is 18.2 Å². The summed E-state index contributed by atoms with van der Waals surface area (Å²) in [6.45, 7) is 7.44. The SMILES string of the molecule is CC[NH+](CC)CCNC(=O)C(=O)Nc1nc2ccc(OC)cc2s1. The lowest BCUT2D eigenvalue weighted by Crippen LogP contribution is -3.12. The lowest BCUT2D eigenvalue weighted by molar-refractivity contribution is -0.895. The van der Waals surface area contributed by atoms with E-state index in [9.17, 15) is 9.59 Å². The number of aromatic nitrogens is 1. The number of amides is 2. The molecule has 3 N–H and O–H groups in total. The molecule has 2 amide bonds. The Labute approximate surface area is 145 Å². The van der Waals surface area contributed by atoms with Crippen LogP contribution in [0, 0.1) is 0 Å². The predicted octanol–water partition coefficient (Wildman–Crippen LogP) is 0.284. The summed E-state index contributed by atoms with van der Waals surface area (Å²) < 4.78 is 6.04. The molecule has 2 rings (SSSR count). The van der Waals surface area contributed by atoms with Crippen LogP contribution in [0.3, 0.4) is 0 Å². The number of quaternary nitrogens is 1. The highest BCUT2D eigenvalue weighted by Crippen LogP contribution is 2.28. The van der Waals surface area contributed by atoms with Gasteiger partial charge in [0.05, 0.1) is 43.5 Å². The Morgan fingerprint density at radius 2 is 2.00 bits per heavy atom. The molecule has 0 fully saturated rings. The number of ether oxygens (including phenoxy) is 1. The van der Waals surface area contributed by atoms with Crippen molar-refractivity contribution in [2.45, 2.75) is 13.8 Å². The molecule has 8 heteroatoms. The van der Waals surface area contributed by atoms with E-state index in [0.29, 0.717) is 11.7 Å². The fraction of sp³-hybridized carbons (Fsp3) is 0.438. The number of anilines is 1. The van der Waals surface area contributed by atoms with Crippen molar-refractivity contribution in [3.8, 4) is 5.75 Å². The number of likely N-dealkylation sites (N-methyl/N-ethyl adjacent to an activating group) is 1. The molecular formula is C16H23N4O3S+. The summed E-state index contributed by atoms with van der Waals surface area (Å²) in [5, 5.41) is 5.58. The third-order valence-corrected chi connectivity index (χ3v) is 4.72. The molecule has 0 aliphatic rings. The Bertz CT molecular complexity index is 712. The Morgan fingerprint density at radius 1 is 1.25 bits per heavy atom. The summed E-state index contributed by atoms with van der Waals surface area (Å²) in [5.74, 6) is -0.616. The second-order valence-corrected chi connectivity index (χ2v) is 6.30. The Hall–Kier alpha value is -2.19. The smallest absolute Gasteiger partial charge is 0.315 e. The summed E-state index contributed by atoms with van der Waals surface area (Å²) >= 11 is 1.30. The highest BCUT2D eigenvalue weighted by atomic mass is 32.1. The number of carbonyl (C=O) groups excluding carboxylic acids is 2. The summed E-state index contributed by atoms with van der Waals surface area (Å²) in [5.41, 5.74) is 0.752. The fourth-order valence-corrected chi connectivity index (χ4v) is 3.17. The van der Waals surface area contributed by atoms with Crippen LogP contribution in [0.5, 0.6) is 5.75 Å². The average molecular weight is 351 g/mol. The number of rotatable bonds is 7. The zero-order chi connectivity index (χ0) is 17.5. The molecule has 1 aromatic heterocycles. The van der Waals surface area contributed by atoms with Crippen molar-refractivity contribution in [2.75, 3.05) is 38.6 Å². The van der Waals surface area contributed by atoms with E-state index >= 15 is 0 Å². The molecule has 0 atom stereocenters. The lowest BCUT2D eigenvalue weighted by Gasteiger charge is -2.15. The Balaban J connectivity index is 1.90. The molecule has 0 saturated carbocycles. The molecule has 7 nitrogen and oxygen atoms in total. The van der Waals surface area contributed by atoms with Crippen LogP contribution in [0.25, 0.3) is 10.2 Å². The summed E-state index contributed by atoms with van der Waals surface area (Å²) in [7, 11) is 1.59. The largest absolute Gasteiger partial charge is 0.497 e. The number of hydrogen-bond acceptors (Lipinski definition) is 5. The predicted molar refractivity (Wildman–Crippen MR) is 94.7 cm³/mol. The van der Waals surface area contributed by atoms with E-state index in [1.165, 1.54) is 16.2 Å². The van der Waals surface area contributed by atoms with Crippen molar-refractivity contribution in [1.82, 2.24) is 10.3 Å². The summed E-state index contributed by atoms with van der Waals surface area (Å²) in [6.07, 6.45) is 0. The standard InChI is InChI=1S/C16H22N4O3S/c1-4-20(5-2)9-8-17-14(21)15(22)19-16-18-12-7-6-11(23-3)10-13(12)24-16/h6-7,10H,4-5,8-9H2,1-3H3,(H,17,21)(H,18,19,22)/p+1. The number of hydrogen-bond donors (Lipinski definition) is 3. The van der Waals surface area contributed by atoms with E-state index < -0.39 is 11.8 Å². The summed E-state index contributed by atoms with van der Waals surface area (Å²) in [4.78, 5) is 29.4. The minimum atomic E-state index is -0.699. The first kappa shape index (κ1) is 18.2. The monoisotopic (exact) mass is 351 g/mol. The minimum Gasteiger partial charge on any atom is -0.497 e. The second kappa shape index (κ2) is 8.60. The van der Waals surface area contributed by atoms with E-state index in [1.54, 1.807) is 13.2 Å². The van der Waals surface area contributed by atoms with E-state index in [2.05, 4.69) is 29.5 Å². The van der Waals surface area contributed by atoms with Crippen LogP contribution in [0.1, 0.15) is 13.8 Å². The molecule has 1 aromatic carbocycles. The lowest BCUT2D eigenvalue weighted by atomic mass is 10.3. The van der Waals surface area contributed by atoms with Crippen molar-refractivity contribution in [3.05, 3.63) is 18.2 Å². The van der Waals surface area contributed by atoms with Crippen molar-refractivity contribution in [1.29, 1.82) is 0 Å². The molecule has 0 aliphatic heterocycles. The van der Waals surface area contributed by atoms with Gasteiger partial charge in [-0.15, -0.1) is 0 Å². The van der Waals surface area contributed by atoms with Crippen LogP contribution < -0.4 is 20.3 Å². The van der Waals surface area contributed by atoms with Crippen molar-refractivity contribution in [3.63, 3.8) is 0 Å². The molecule has 0 spiro atoms. The van der Waals surface area contributed by atoms with Gasteiger partial charge in [-0.2, -0.15) is 0 Å². The quantitative estimate of drug-likeness (QED) is 0.626. The first-order valence-electron chi connectivity index (χ1n) is 7.94. The zero-order valence-electron chi connectivity index (χ0n) is 14.1. The van der Waals surface area contributed by atoms with Crippen LogP contribution >= 0.6 is 11.3 Å². The highest BCUT2D eigenvalue weighted by molar-refractivity contribution is 7.22. The van der Waals surface area contributed by atoms with Gasteiger partial charge in [0.25, 0.3) is 0 Å². The number of nitrogens with zero attached hydrogens (tertiary/aromatic N) is 1. The normalized spacial score (nSPS) is 10.8. The van der Waals surface area contributed by atoms with E-state index in [1.807, 2.05) is 12.1 Å². The molecule has 130 valence electrons. The molecule has 0 bridgehead atoms. The first-order chi connectivity index (χ1) is 11.6. The topological polar surface area (TPSA) is 84.8 Å². The summed E-state index contributed by atoms with van der Waals surface area (Å²) in [6, 6.07) is 5.46. The van der Waals surface area contributed by atoms with Crippen LogP contribution in [0.2, 0.25) is 0 Å². The average Bonchev–Trinajstić information content (AvgIpc) is 2.99. The number of fused-ring (bicyclic) bond motifs is 1. The van der Waals surface area contributed by atoms with Gasteiger partial charge < -0.3 is 15.0 Å². The molecule has 2 aromatic rings. The number of benzene rings is 1. The van der Waals surface area contributed by atoms with Crippen LogP contribution in [-0.2, 0) is 9.59 Å². The number of thiazole rings is 1. The van der Waals surface area contributed by atoms with Crippen LogP contribution in [0.4, 0.5) is 5.13 Å². The van der Waals surface area contributed by atoms with Gasteiger partial charge in [-0.05, 0) is 32.0 Å². The second-order valence-electron chi connectivity index (χ2n) is 5.27. The number of nitrogens with one attached hydrogen (secondary N) is 3. The van der Waals surface area contributed by atoms with Gasteiger partial charge in [-0.25, -0.2) is 4.98 Å². The number of methoxy groups -OCH3 is 1. The fourth-order valence-electron chi connectivity index (χ4n) is 2.28. The molecule has 24 heavy (non-hydrogen) atoms. The molecular weight excluding hydrogens is 328 g/mol. The van der Waals surface area contributed by atoms with Gasteiger partial charge in [0, 0.05) is 0 Å². The molecule has 0 aliphatic carbocycles. The maximum Gasteiger partial charge on any atom is 0.315 e. The van der Waals surface area contributed by atoms with Gasteiger partial charge in [-0.3, -0.25) is 14.9 Å². The molecule has 0 radical (unpaired) electrons. The third kappa shape index (κ3) is 4.65.